The normalized spacial score (nSPS) is 15.4. The van der Waals surface area contributed by atoms with E-state index in [9.17, 15) is 5.26 Å². The maximum absolute atomic E-state index is 9.57. The minimum atomic E-state index is -0.0192. The molecular formula is C33H22N4O+2. The highest BCUT2D eigenvalue weighted by Gasteiger charge is 2.49. The van der Waals surface area contributed by atoms with Gasteiger partial charge in [-0.2, -0.15) is 10.6 Å². The first-order chi connectivity index (χ1) is 18.8. The van der Waals surface area contributed by atoms with Crippen molar-refractivity contribution in [3.8, 4) is 6.07 Å². The third kappa shape index (κ3) is 2.92. The van der Waals surface area contributed by atoms with E-state index in [1.165, 1.54) is 5.39 Å². The van der Waals surface area contributed by atoms with E-state index in [4.69, 9.17) is 4.42 Å². The Hall–Kier alpha value is -5.18. The maximum atomic E-state index is 9.57. The summed E-state index contributed by atoms with van der Waals surface area (Å²) in [5.41, 5.74) is 6.94. The van der Waals surface area contributed by atoms with Gasteiger partial charge in [0, 0.05) is 26.2 Å². The molecule has 0 amide bonds. The topological polar surface area (TPSA) is 61.5 Å². The van der Waals surface area contributed by atoms with Gasteiger partial charge >= 0.3 is 12.0 Å². The SMILES string of the molecule is N#Cc1cccc(C2[NH2+]C(c3ccccc3)=[N+]2n2c3ccccc3c3cc4oc5ccccc5c4cc32)c1. The molecule has 1 atom stereocenters. The third-order valence-corrected chi connectivity index (χ3v) is 7.61. The van der Waals surface area contributed by atoms with E-state index in [1.54, 1.807) is 0 Å². The number of furan rings is 1. The van der Waals surface area contributed by atoms with Gasteiger partial charge < -0.3 is 4.42 Å². The van der Waals surface area contributed by atoms with Gasteiger partial charge in [0.1, 0.15) is 27.8 Å². The fourth-order valence-corrected chi connectivity index (χ4v) is 5.86. The summed E-state index contributed by atoms with van der Waals surface area (Å²) in [6.07, 6.45) is -0.0192. The first-order valence-electron chi connectivity index (χ1n) is 12.7. The van der Waals surface area contributed by atoms with Gasteiger partial charge in [0.25, 0.3) is 0 Å². The third-order valence-electron chi connectivity index (χ3n) is 7.61. The van der Waals surface area contributed by atoms with Gasteiger partial charge in [0.2, 0.25) is 0 Å². The Kier molecular flexibility index (Phi) is 4.36. The molecule has 2 aromatic heterocycles. The van der Waals surface area contributed by atoms with Crippen LogP contribution >= 0.6 is 0 Å². The first-order valence-corrected chi connectivity index (χ1v) is 12.7. The van der Waals surface area contributed by atoms with Crippen LogP contribution in [0, 0.1) is 11.3 Å². The van der Waals surface area contributed by atoms with Gasteiger partial charge in [-0.1, -0.05) is 60.7 Å². The van der Waals surface area contributed by atoms with Crippen LogP contribution in [-0.4, -0.2) is 15.2 Å². The number of nitrogens with two attached hydrogens (primary N) is 1. The molecule has 5 aromatic carbocycles. The molecular weight excluding hydrogens is 468 g/mol. The zero-order chi connectivity index (χ0) is 25.2. The predicted octanol–water partition coefficient (Wildman–Crippen LogP) is 6.06. The lowest BCUT2D eigenvalue weighted by molar-refractivity contribution is -0.915. The van der Waals surface area contributed by atoms with Crippen molar-refractivity contribution in [2.75, 3.05) is 0 Å². The van der Waals surface area contributed by atoms with E-state index in [-0.39, 0.29) is 6.17 Å². The van der Waals surface area contributed by atoms with Gasteiger partial charge in [-0.3, -0.25) is 0 Å². The zero-order valence-electron chi connectivity index (χ0n) is 20.4. The molecule has 1 unspecified atom stereocenters. The van der Waals surface area contributed by atoms with Gasteiger partial charge in [-0.15, -0.1) is 4.68 Å². The summed E-state index contributed by atoms with van der Waals surface area (Å²) in [6.45, 7) is 0. The average Bonchev–Trinajstić information content (AvgIpc) is 3.47. The number of hydrogen-bond acceptors (Lipinski definition) is 2. The minimum Gasteiger partial charge on any atom is -0.456 e. The Morgan fingerprint density at radius 3 is 2.34 bits per heavy atom. The fourth-order valence-electron chi connectivity index (χ4n) is 5.86. The van der Waals surface area contributed by atoms with Crippen LogP contribution in [0.4, 0.5) is 0 Å². The summed E-state index contributed by atoms with van der Waals surface area (Å²) in [4.78, 5) is 0. The lowest BCUT2D eigenvalue weighted by Crippen LogP contribution is -3.01. The summed E-state index contributed by atoms with van der Waals surface area (Å²) in [6, 6.07) is 41.9. The molecule has 5 nitrogen and oxygen atoms in total. The molecule has 0 bridgehead atoms. The van der Waals surface area contributed by atoms with E-state index >= 15 is 0 Å². The second-order valence-corrected chi connectivity index (χ2v) is 9.74. The predicted molar refractivity (Wildman–Crippen MR) is 149 cm³/mol. The van der Waals surface area contributed by atoms with E-state index in [1.807, 2.05) is 36.4 Å². The zero-order valence-corrected chi connectivity index (χ0v) is 20.4. The number of para-hydroxylation sites is 2. The Labute approximate surface area is 218 Å². The van der Waals surface area contributed by atoms with Crippen LogP contribution in [0.3, 0.4) is 0 Å². The van der Waals surface area contributed by atoms with Crippen LogP contribution in [-0.2, 0) is 0 Å². The number of aromatic nitrogens is 1. The smallest absolute Gasteiger partial charge is 0.407 e. The van der Waals surface area contributed by atoms with Crippen molar-refractivity contribution in [2.24, 2.45) is 0 Å². The molecule has 2 N–H and O–H groups in total. The second-order valence-electron chi connectivity index (χ2n) is 9.74. The molecule has 1 aliphatic rings. The van der Waals surface area contributed by atoms with Crippen molar-refractivity contribution in [2.45, 2.75) is 6.17 Å². The van der Waals surface area contributed by atoms with Crippen molar-refractivity contribution in [3.63, 3.8) is 0 Å². The van der Waals surface area contributed by atoms with Gasteiger partial charge in [-0.05, 0) is 54.6 Å². The Bertz CT molecular complexity index is 2130. The second kappa shape index (κ2) is 7.91. The number of hydrogen-bond donors (Lipinski definition) is 1. The highest BCUT2D eigenvalue weighted by molar-refractivity contribution is 6.16. The Morgan fingerprint density at radius 2 is 1.47 bits per heavy atom. The molecule has 38 heavy (non-hydrogen) atoms. The molecule has 178 valence electrons. The Balaban J connectivity index is 1.48. The van der Waals surface area contributed by atoms with Crippen LogP contribution in [0.5, 0.6) is 0 Å². The van der Waals surface area contributed by atoms with Crippen LogP contribution < -0.4 is 5.32 Å². The quantitative estimate of drug-likeness (QED) is 0.306. The molecule has 7 aromatic rings. The number of quaternary nitrogens is 1. The highest BCUT2D eigenvalue weighted by atomic mass is 16.3. The molecule has 8 rings (SSSR count). The van der Waals surface area contributed by atoms with Gasteiger partial charge in [-0.25, -0.2) is 0 Å². The molecule has 1 aliphatic heterocycles. The van der Waals surface area contributed by atoms with E-state index < -0.39 is 0 Å². The molecule has 0 aliphatic carbocycles. The highest BCUT2D eigenvalue weighted by Crippen LogP contribution is 2.37. The van der Waals surface area contributed by atoms with E-state index in [0.29, 0.717) is 5.56 Å². The molecule has 0 saturated carbocycles. The standard InChI is InChI=1S/C33H20N4O/c34-20-21-9-8-12-23(17-21)33-35-32(22-10-2-1-3-11-22)37(33)36-28-15-6-4-13-24(28)26-19-31-27(18-29(26)36)25-14-5-7-16-30(25)38-31/h1-19,33H/p+2. The van der Waals surface area contributed by atoms with Crippen LogP contribution in [0.2, 0.25) is 0 Å². The number of nitriles is 1. The van der Waals surface area contributed by atoms with E-state index in [0.717, 1.165) is 55.3 Å². The number of fused-ring (bicyclic) bond motifs is 6. The van der Waals surface area contributed by atoms with Gasteiger partial charge in [0.15, 0.2) is 0 Å². The van der Waals surface area contributed by atoms with Crippen molar-refractivity contribution in [1.82, 2.24) is 4.68 Å². The minimum absolute atomic E-state index is 0.0192. The number of nitrogens with zero attached hydrogens (tertiary/aromatic N) is 3. The molecule has 0 spiro atoms. The first kappa shape index (κ1) is 21.0. The molecule has 0 fully saturated rings. The summed E-state index contributed by atoms with van der Waals surface area (Å²) < 4.78 is 11.0. The Morgan fingerprint density at radius 1 is 0.684 bits per heavy atom. The van der Waals surface area contributed by atoms with Crippen molar-refractivity contribution in [1.29, 1.82) is 5.26 Å². The van der Waals surface area contributed by atoms with Crippen LogP contribution in [0.25, 0.3) is 43.7 Å². The van der Waals surface area contributed by atoms with Crippen LogP contribution in [0.15, 0.2) is 120 Å². The molecule has 3 heterocycles. The van der Waals surface area contributed by atoms with Crippen molar-refractivity contribution in [3.05, 3.63) is 132 Å². The summed E-state index contributed by atoms with van der Waals surface area (Å²) in [5.74, 6) is 1.14. The largest absolute Gasteiger partial charge is 0.456 e. The summed E-state index contributed by atoms with van der Waals surface area (Å²) >= 11 is 0. The van der Waals surface area contributed by atoms with Crippen molar-refractivity contribution < 1.29 is 14.4 Å². The monoisotopic (exact) mass is 490 g/mol. The summed E-state index contributed by atoms with van der Waals surface area (Å²) in [5, 5.41) is 16.4. The van der Waals surface area contributed by atoms with Crippen LogP contribution in [0.1, 0.15) is 22.9 Å². The summed E-state index contributed by atoms with van der Waals surface area (Å²) in [7, 11) is 0. The average molecular weight is 491 g/mol. The molecule has 0 radical (unpaired) electrons. The number of amidine groups is 1. The number of rotatable bonds is 3. The van der Waals surface area contributed by atoms with Crippen molar-refractivity contribution >= 4 is 49.6 Å². The molecule has 5 heteroatoms. The lowest BCUT2D eigenvalue weighted by Gasteiger charge is -2.23. The number of benzene rings is 5. The van der Waals surface area contributed by atoms with E-state index in [2.05, 4.69) is 99.6 Å². The maximum Gasteiger partial charge on any atom is 0.407 e. The fraction of sp³-hybridized carbons (Fsp3) is 0.0303. The lowest BCUT2D eigenvalue weighted by atomic mass is 10.1. The van der Waals surface area contributed by atoms with Gasteiger partial charge in [0.05, 0.1) is 17.2 Å². The molecule has 0 saturated heterocycles.